The zero-order valence-electron chi connectivity index (χ0n) is 6.66. The van der Waals surface area contributed by atoms with Crippen LogP contribution < -0.4 is 5.73 Å². The Morgan fingerprint density at radius 3 is 2.67 bits per heavy atom. The first-order chi connectivity index (χ1) is 5.76. The average Bonchev–Trinajstić information content (AvgIpc) is 2.86. The van der Waals surface area contributed by atoms with Gasteiger partial charge < -0.3 is 5.73 Å². The number of rotatable bonds is 2. The highest BCUT2D eigenvalue weighted by molar-refractivity contribution is 7.80. The van der Waals surface area contributed by atoms with Crippen molar-refractivity contribution in [2.45, 2.75) is 18.3 Å². The molecule has 0 amide bonds. The van der Waals surface area contributed by atoms with E-state index in [-0.39, 0.29) is 5.41 Å². The topological polar surface area (TPSA) is 38.9 Å². The van der Waals surface area contributed by atoms with Gasteiger partial charge >= 0.3 is 0 Å². The zero-order chi connectivity index (χ0) is 8.60. The third kappa shape index (κ3) is 1.01. The largest absolute Gasteiger partial charge is 0.393 e. The molecule has 2 nitrogen and oxygen atoms in total. The molecule has 0 aromatic carbocycles. The molecule has 2 N–H and O–H groups in total. The van der Waals surface area contributed by atoms with E-state index >= 15 is 0 Å². The minimum absolute atomic E-state index is 0.0589. The minimum atomic E-state index is -0.0589. The fourth-order valence-corrected chi connectivity index (χ4v) is 1.71. The highest BCUT2D eigenvalue weighted by Gasteiger charge is 2.48. The molecule has 0 unspecified atom stereocenters. The Hall–Kier alpha value is -0.960. The van der Waals surface area contributed by atoms with Gasteiger partial charge in [0.25, 0.3) is 0 Å². The van der Waals surface area contributed by atoms with E-state index in [2.05, 4.69) is 4.98 Å². The van der Waals surface area contributed by atoms with Crippen LogP contribution in [0.25, 0.3) is 0 Å². The molecule has 1 aliphatic carbocycles. The molecule has 0 bridgehead atoms. The summed E-state index contributed by atoms with van der Waals surface area (Å²) in [5, 5.41) is 0. The van der Waals surface area contributed by atoms with E-state index in [1.54, 1.807) is 6.20 Å². The summed E-state index contributed by atoms with van der Waals surface area (Å²) in [5.41, 5.74) is 6.62. The van der Waals surface area contributed by atoms with E-state index in [1.807, 2.05) is 18.2 Å². The monoisotopic (exact) mass is 178 g/mol. The highest BCUT2D eigenvalue weighted by Crippen LogP contribution is 2.47. The van der Waals surface area contributed by atoms with Crippen LogP contribution >= 0.6 is 12.2 Å². The second-order valence-electron chi connectivity index (χ2n) is 3.16. The fourth-order valence-electron chi connectivity index (χ4n) is 1.40. The van der Waals surface area contributed by atoms with Crippen LogP contribution in [0.15, 0.2) is 24.4 Å². The third-order valence-electron chi connectivity index (χ3n) is 2.38. The lowest BCUT2D eigenvalue weighted by molar-refractivity contribution is 0.892. The lowest BCUT2D eigenvalue weighted by Crippen LogP contribution is -2.27. The summed E-state index contributed by atoms with van der Waals surface area (Å²) >= 11 is 5.01. The molecule has 1 fully saturated rings. The Kier molecular flexibility index (Phi) is 1.61. The van der Waals surface area contributed by atoms with Crippen molar-refractivity contribution in [2.24, 2.45) is 5.73 Å². The molecule has 0 spiro atoms. The van der Waals surface area contributed by atoms with Crippen molar-refractivity contribution in [3.05, 3.63) is 30.1 Å². The Labute approximate surface area is 76.8 Å². The molecule has 0 radical (unpaired) electrons. The summed E-state index contributed by atoms with van der Waals surface area (Å²) in [5.74, 6) is 0. The molecule has 12 heavy (non-hydrogen) atoms. The number of hydrogen-bond acceptors (Lipinski definition) is 2. The van der Waals surface area contributed by atoms with Gasteiger partial charge in [0.05, 0.1) is 16.1 Å². The van der Waals surface area contributed by atoms with Crippen LogP contribution in [0.3, 0.4) is 0 Å². The molecule has 1 aliphatic rings. The molecule has 0 aliphatic heterocycles. The summed E-state index contributed by atoms with van der Waals surface area (Å²) in [6, 6.07) is 5.87. The van der Waals surface area contributed by atoms with E-state index in [0.717, 1.165) is 18.5 Å². The van der Waals surface area contributed by atoms with Crippen molar-refractivity contribution < 1.29 is 0 Å². The second kappa shape index (κ2) is 2.52. The molecule has 0 atom stereocenters. The van der Waals surface area contributed by atoms with Crippen LogP contribution in [0.4, 0.5) is 0 Å². The maximum Gasteiger partial charge on any atom is 0.0850 e. The van der Waals surface area contributed by atoms with Crippen LogP contribution in [-0.4, -0.2) is 9.97 Å². The number of thiocarbonyl (C=S) groups is 1. The van der Waals surface area contributed by atoms with Gasteiger partial charge in [-0.1, -0.05) is 18.3 Å². The Morgan fingerprint density at radius 2 is 2.25 bits per heavy atom. The van der Waals surface area contributed by atoms with Crippen LogP contribution in [-0.2, 0) is 5.41 Å². The number of pyridine rings is 1. The molecular weight excluding hydrogens is 168 g/mol. The van der Waals surface area contributed by atoms with E-state index in [1.165, 1.54) is 0 Å². The van der Waals surface area contributed by atoms with E-state index < -0.39 is 0 Å². The first kappa shape index (κ1) is 7.68. The average molecular weight is 178 g/mol. The first-order valence-corrected chi connectivity index (χ1v) is 4.38. The quantitative estimate of drug-likeness (QED) is 0.696. The van der Waals surface area contributed by atoms with Crippen molar-refractivity contribution in [1.29, 1.82) is 0 Å². The standard InChI is InChI=1S/C9H10N2S/c10-8(12)9(4-5-9)7-3-1-2-6-11-7/h1-3,6H,4-5H2,(H2,10,12). The molecule has 1 heterocycles. The maximum absolute atomic E-state index is 5.66. The summed E-state index contributed by atoms with van der Waals surface area (Å²) in [6.45, 7) is 0. The normalized spacial score (nSPS) is 18.7. The zero-order valence-corrected chi connectivity index (χ0v) is 7.47. The lowest BCUT2D eigenvalue weighted by atomic mass is 10.0. The molecule has 0 saturated heterocycles. The van der Waals surface area contributed by atoms with Gasteiger partial charge in [0, 0.05) is 6.20 Å². The summed E-state index contributed by atoms with van der Waals surface area (Å²) < 4.78 is 0. The van der Waals surface area contributed by atoms with E-state index in [9.17, 15) is 0 Å². The molecule has 1 aromatic heterocycles. The van der Waals surface area contributed by atoms with Crippen molar-refractivity contribution in [3.8, 4) is 0 Å². The predicted octanol–water partition coefficient (Wildman–Crippen LogP) is 1.40. The molecule has 2 rings (SSSR count). The minimum Gasteiger partial charge on any atom is -0.393 e. The van der Waals surface area contributed by atoms with E-state index in [0.29, 0.717) is 4.99 Å². The summed E-state index contributed by atoms with van der Waals surface area (Å²) in [4.78, 5) is 4.85. The molecule has 1 aromatic rings. The van der Waals surface area contributed by atoms with Crippen molar-refractivity contribution >= 4 is 17.2 Å². The number of nitrogens with zero attached hydrogens (tertiary/aromatic N) is 1. The lowest BCUT2D eigenvalue weighted by Gasteiger charge is -2.11. The van der Waals surface area contributed by atoms with Gasteiger partial charge in [0.15, 0.2) is 0 Å². The molecule has 3 heteroatoms. The fraction of sp³-hybridized carbons (Fsp3) is 0.333. The second-order valence-corrected chi connectivity index (χ2v) is 3.60. The van der Waals surface area contributed by atoms with Gasteiger partial charge in [-0.3, -0.25) is 4.98 Å². The number of aromatic nitrogens is 1. The van der Waals surface area contributed by atoms with Gasteiger partial charge in [-0.25, -0.2) is 0 Å². The SMILES string of the molecule is NC(=S)C1(c2ccccn2)CC1. The Morgan fingerprint density at radius 1 is 1.50 bits per heavy atom. The molecular formula is C9H10N2S. The van der Waals surface area contributed by atoms with Crippen molar-refractivity contribution in [2.75, 3.05) is 0 Å². The number of nitrogens with two attached hydrogens (primary N) is 1. The smallest absolute Gasteiger partial charge is 0.0850 e. The maximum atomic E-state index is 5.66. The molecule has 1 saturated carbocycles. The Balaban J connectivity index is 2.37. The van der Waals surface area contributed by atoms with Gasteiger partial charge in [-0.2, -0.15) is 0 Å². The summed E-state index contributed by atoms with van der Waals surface area (Å²) in [6.07, 6.45) is 3.90. The van der Waals surface area contributed by atoms with Gasteiger partial charge in [-0.05, 0) is 25.0 Å². The van der Waals surface area contributed by atoms with Crippen LogP contribution in [0.5, 0.6) is 0 Å². The van der Waals surface area contributed by atoms with Gasteiger partial charge in [0.2, 0.25) is 0 Å². The van der Waals surface area contributed by atoms with Gasteiger partial charge in [-0.15, -0.1) is 0 Å². The highest BCUT2D eigenvalue weighted by atomic mass is 32.1. The van der Waals surface area contributed by atoms with Crippen molar-refractivity contribution in [3.63, 3.8) is 0 Å². The summed E-state index contributed by atoms with van der Waals surface area (Å²) in [7, 11) is 0. The first-order valence-electron chi connectivity index (χ1n) is 3.97. The predicted molar refractivity (Wildman–Crippen MR) is 51.9 cm³/mol. The van der Waals surface area contributed by atoms with E-state index in [4.69, 9.17) is 18.0 Å². The third-order valence-corrected chi connectivity index (χ3v) is 2.77. The Bertz CT molecular complexity index is 304. The van der Waals surface area contributed by atoms with Crippen LogP contribution in [0.2, 0.25) is 0 Å². The van der Waals surface area contributed by atoms with Gasteiger partial charge in [0.1, 0.15) is 0 Å². The number of hydrogen-bond donors (Lipinski definition) is 1. The van der Waals surface area contributed by atoms with Crippen LogP contribution in [0.1, 0.15) is 18.5 Å². The molecule has 62 valence electrons. The van der Waals surface area contributed by atoms with Crippen molar-refractivity contribution in [1.82, 2.24) is 4.98 Å². The van der Waals surface area contributed by atoms with Crippen LogP contribution in [0, 0.1) is 0 Å².